The van der Waals surface area contributed by atoms with Crippen molar-refractivity contribution in [3.63, 3.8) is 0 Å². The number of carbonyl (C=O) groups excluding carboxylic acids is 2. The molecule has 0 N–H and O–H groups in total. The number of esters is 1. The number of hydrogen-bond acceptors (Lipinski definition) is 4. The van der Waals surface area contributed by atoms with Gasteiger partial charge in [-0.3, -0.25) is 14.6 Å². The number of carbonyl (C=O) groups is 2. The molecule has 0 radical (unpaired) electrons. The van der Waals surface area contributed by atoms with Crippen molar-refractivity contribution in [3.8, 4) is 0 Å². The summed E-state index contributed by atoms with van der Waals surface area (Å²) in [7, 11) is 1.38. The van der Waals surface area contributed by atoms with Crippen LogP contribution in [0.25, 0.3) is 10.9 Å². The summed E-state index contributed by atoms with van der Waals surface area (Å²) in [6.45, 7) is 0.997. The number of likely N-dealkylation sites (tertiary alicyclic amines) is 1. The van der Waals surface area contributed by atoms with E-state index in [9.17, 15) is 9.59 Å². The third kappa shape index (κ3) is 2.46. The molecule has 108 valence electrons. The molecule has 1 amide bonds. The Balaban J connectivity index is 1.87. The number of methoxy groups -OCH3 is 1. The molecule has 3 rings (SSSR count). The van der Waals surface area contributed by atoms with Crippen LogP contribution >= 0.6 is 0 Å². The fourth-order valence-electron chi connectivity index (χ4n) is 2.76. The van der Waals surface area contributed by atoms with Crippen LogP contribution in [0, 0.1) is 5.92 Å². The monoisotopic (exact) mass is 284 g/mol. The van der Waals surface area contributed by atoms with E-state index in [1.54, 1.807) is 17.2 Å². The summed E-state index contributed by atoms with van der Waals surface area (Å²) in [5, 5.41) is 0.839. The van der Waals surface area contributed by atoms with Crippen molar-refractivity contribution in [1.82, 2.24) is 9.88 Å². The Hall–Kier alpha value is -2.43. The van der Waals surface area contributed by atoms with Gasteiger partial charge in [0, 0.05) is 30.2 Å². The number of ether oxygens (including phenoxy) is 1. The standard InChI is InChI=1S/C16H16N2O3/c1-21-16(20)11-7-9-18(10-11)15(19)13-4-2-6-14-12(13)5-3-8-17-14/h2-6,8,11H,7,9-10H2,1H3. The largest absolute Gasteiger partial charge is 0.469 e. The Kier molecular flexibility index (Phi) is 3.56. The van der Waals surface area contributed by atoms with Gasteiger partial charge in [-0.15, -0.1) is 0 Å². The Morgan fingerprint density at radius 2 is 2.14 bits per heavy atom. The normalized spacial score (nSPS) is 18.0. The van der Waals surface area contributed by atoms with Crippen LogP contribution in [0.1, 0.15) is 16.8 Å². The molecule has 0 bridgehead atoms. The van der Waals surface area contributed by atoms with Crippen LogP contribution < -0.4 is 0 Å². The maximum atomic E-state index is 12.7. The Labute approximate surface area is 122 Å². The summed E-state index contributed by atoms with van der Waals surface area (Å²) < 4.78 is 4.75. The van der Waals surface area contributed by atoms with Crippen molar-refractivity contribution >= 4 is 22.8 Å². The fourth-order valence-corrected chi connectivity index (χ4v) is 2.76. The number of aromatic nitrogens is 1. The highest BCUT2D eigenvalue weighted by atomic mass is 16.5. The Morgan fingerprint density at radius 3 is 2.95 bits per heavy atom. The number of fused-ring (bicyclic) bond motifs is 1. The zero-order chi connectivity index (χ0) is 14.8. The first-order chi connectivity index (χ1) is 10.2. The first-order valence-corrected chi connectivity index (χ1v) is 6.91. The zero-order valence-electron chi connectivity index (χ0n) is 11.8. The maximum absolute atomic E-state index is 12.7. The molecule has 5 heteroatoms. The molecule has 2 aromatic rings. The summed E-state index contributed by atoms with van der Waals surface area (Å²) >= 11 is 0. The van der Waals surface area contributed by atoms with Crippen molar-refractivity contribution in [3.05, 3.63) is 42.1 Å². The predicted molar refractivity (Wildman–Crippen MR) is 77.8 cm³/mol. The molecule has 0 aliphatic carbocycles. The first-order valence-electron chi connectivity index (χ1n) is 6.91. The predicted octanol–water partition coefficient (Wildman–Crippen LogP) is 1.87. The molecular formula is C16H16N2O3. The Morgan fingerprint density at radius 1 is 1.29 bits per heavy atom. The third-order valence-electron chi connectivity index (χ3n) is 3.89. The molecule has 1 fully saturated rings. The van der Waals surface area contributed by atoms with E-state index in [4.69, 9.17) is 4.74 Å². The number of benzene rings is 1. The van der Waals surface area contributed by atoms with E-state index in [1.807, 2.05) is 24.3 Å². The molecule has 1 unspecified atom stereocenters. The number of rotatable bonds is 2. The third-order valence-corrected chi connectivity index (χ3v) is 3.89. The molecule has 1 aromatic heterocycles. The van der Waals surface area contributed by atoms with Gasteiger partial charge in [0.05, 0.1) is 18.5 Å². The summed E-state index contributed by atoms with van der Waals surface area (Å²) in [6.07, 6.45) is 2.36. The van der Waals surface area contributed by atoms with E-state index in [2.05, 4.69) is 4.98 Å². The maximum Gasteiger partial charge on any atom is 0.310 e. The molecule has 2 heterocycles. The fraction of sp³-hybridized carbons (Fsp3) is 0.312. The molecular weight excluding hydrogens is 268 g/mol. The van der Waals surface area contributed by atoms with Crippen LogP contribution in [0.3, 0.4) is 0 Å². The lowest BCUT2D eigenvalue weighted by Crippen LogP contribution is -2.30. The van der Waals surface area contributed by atoms with Crippen LogP contribution in [0.15, 0.2) is 36.5 Å². The van der Waals surface area contributed by atoms with Gasteiger partial charge in [-0.2, -0.15) is 0 Å². The van der Waals surface area contributed by atoms with E-state index in [1.165, 1.54) is 7.11 Å². The average Bonchev–Trinajstić information content (AvgIpc) is 3.03. The molecule has 0 spiro atoms. The SMILES string of the molecule is COC(=O)C1CCN(C(=O)c2cccc3ncccc23)C1. The lowest BCUT2D eigenvalue weighted by molar-refractivity contribution is -0.144. The van der Waals surface area contributed by atoms with Gasteiger partial charge in [-0.1, -0.05) is 12.1 Å². The van der Waals surface area contributed by atoms with Crippen LogP contribution in [-0.2, 0) is 9.53 Å². The second-order valence-electron chi connectivity index (χ2n) is 5.14. The van der Waals surface area contributed by atoms with Gasteiger partial charge in [0.1, 0.15) is 0 Å². The molecule has 21 heavy (non-hydrogen) atoms. The quantitative estimate of drug-likeness (QED) is 0.790. The van der Waals surface area contributed by atoms with Gasteiger partial charge in [0.15, 0.2) is 0 Å². The molecule has 0 saturated carbocycles. The summed E-state index contributed by atoms with van der Waals surface area (Å²) in [4.78, 5) is 30.2. The lowest BCUT2D eigenvalue weighted by Gasteiger charge is -2.17. The Bertz CT molecular complexity index is 693. The molecule has 1 atom stereocenters. The van der Waals surface area contributed by atoms with E-state index >= 15 is 0 Å². The number of pyridine rings is 1. The molecule has 1 aromatic carbocycles. The molecule has 5 nitrogen and oxygen atoms in total. The molecule has 1 saturated heterocycles. The van der Waals surface area contributed by atoms with Gasteiger partial charge >= 0.3 is 5.97 Å². The van der Waals surface area contributed by atoms with E-state index in [0.29, 0.717) is 25.1 Å². The number of hydrogen-bond donors (Lipinski definition) is 0. The minimum absolute atomic E-state index is 0.0556. The zero-order valence-corrected chi connectivity index (χ0v) is 11.8. The van der Waals surface area contributed by atoms with Crippen LogP contribution in [0.5, 0.6) is 0 Å². The van der Waals surface area contributed by atoms with Crippen molar-refractivity contribution in [2.24, 2.45) is 5.92 Å². The second kappa shape index (κ2) is 5.52. The number of nitrogens with zero attached hydrogens (tertiary/aromatic N) is 2. The highest BCUT2D eigenvalue weighted by Crippen LogP contribution is 2.23. The summed E-state index contributed by atoms with van der Waals surface area (Å²) in [5.41, 5.74) is 1.43. The van der Waals surface area contributed by atoms with E-state index < -0.39 is 0 Å². The topological polar surface area (TPSA) is 59.5 Å². The van der Waals surface area contributed by atoms with Crippen molar-refractivity contribution in [2.45, 2.75) is 6.42 Å². The van der Waals surface area contributed by atoms with Crippen molar-refractivity contribution in [2.75, 3.05) is 20.2 Å². The van der Waals surface area contributed by atoms with Gasteiger partial charge in [0.2, 0.25) is 0 Å². The smallest absolute Gasteiger partial charge is 0.310 e. The molecule has 1 aliphatic heterocycles. The molecule has 1 aliphatic rings. The average molecular weight is 284 g/mol. The van der Waals surface area contributed by atoms with Gasteiger partial charge < -0.3 is 9.64 Å². The van der Waals surface area contributed by atoms with Crippen molar-refractivity contribution in [1.29, 1.82) is 0 Å². The van der Waals surface area contributed by atoms with Crippen LogP contribution in [0.2, 0.25) is 0 Å². The van der Waals surface area contributed by atoms with Gasteiger partial charge in [-0.25, -0.2) is 0 Å². The van der Waals surface area contributed by atoms with Crippen molar-refractivity contribution < 1.29 is 14.3 Å². The summed E-state index contributed by atoms with van der Waals surface area (Å²) in [5.74, 6) is -0.517. The van der Waals surface area contributed by atoms with E-state index in [0.717, 1.165) is 10.9 Å². The van der Waals surface area contributed by atoms with Gasteiger partial charge in [-0.05, 0) is 24.6 Å². The minimum atomic E-state index is -0.245. The number of amides is 1. The van der Waals surface area contributed by atoms with Gasteiger partial charge in [0.25, 0.3) is 5.91 Å². The minimum Gasteiger partial charge on any atom is -0.469 e. The van der Waals surface area contributed by atoms with Crippen LogP contribution in [-0.4, -0.2) is 42.0 Å². The van der Waals surface area contributed by atoms with Crippen LogP contribution in [0.4, 0.5) is 0 Å². The highest BCUT2D eigenvalue weighted by molar-refractivity contribution is 6.06. The van der Waals surface area contributed by atoms with E-state index in [-0.39, 0.29) is 17.8 Å². The highest BCUT2D eigenvalue weighted by Gasteiger charge is 2.32. The second-order valence-corrected chi connectivity index (χ2v) is 5.14. The lowest BCUT2D eigenvalue weighted by atomic mass is 10.1. The first kappa shape index (κ1) is 13.5. The summed E-state index contributed by atoms with van der Waals surface area (Å²) in [6, 6.07) is 9.23.